The maximum Gasteiger partial charge on any atom is 0.169 e. The minimum Gasteiger partial charge on any atom is -0.404 e. The number of fused-ring (bicyclic) bond motifs is 1. The molecule has 3 heterocycles. The monoisotopic (exact) mass is 352 g/mol. The number of hydrogen-bond donors (Lipinski definition) is 4. The van der Waals surface area contributed by atoms with Crippen LogP contribution in [0.5, 0.6) is 0 Å². The van der Waals surface area contributed by atoms with Crippen molar-refractivity contribution in [2.24, 2.45) is 10.7 Å². The first-order valence-corrected chi connectivity index (χ1v) is 8.03. The molecule has 134 valence electrons. The second kappa shape index (κ2) is 8.08. The molecule has 0 amide bonds. The van der Waals surface area contributed by atoms with Crippen LogP contribution in [0.1, 0.15) is 11.3 Å². The predicted octanol–water partition coefficient (Wildman–Crippen LogP) is 0.681. The van der Waals surface area contributed by atoms with Crippen LogP contribution in [0.4, 0.5) is 11.6 Å². The minimum absolute atomic E-state index is 0.0316. The third kappa shape index (κ3) is 3.95. The lowest BCUT2D eigenvalue weighted by molar-refractivity contribution is 0.307. The first-order valence-electron chi connectivity index (χ1n) is 8.03. The Morgan fingerprint density at radius 1 is 1.38 bits per heavy atom. The van der Waals surface area contributed by atoms with Crippen LogP contribution in [0.25, 0.3) is 11.1 Å². The van der Waals surface area contributed by atoms with Crippen LogP contribution < -0.4 is 16.8 Å². The van der Waals surface area contributed by atoms with Crippen molar-refractivity contribution < 1.29 is 5.11 Å². The Hall–Kier alpha value is -3.46. The van der Waals surface area contributed by atoms with E-state index in [4.69, 9.17) is 16.6 Å². The quantitative estimate of drug-likeness (QED) is 0.458. The van der Waals surface area contributed by atoms with Gasteiger partial charge in [-0.15, -0.1) is 0 Å². The molecule has 0 aliphatic heterocycles. The van der Waals surface area contributed by atoms with E-state index >= 15 is 0 Å². The van der Waals surface area contributed by atoms with Gasteiger partial charge < -0.3 is 21.9 Å². The summed E-state index contributed by atoms with van der Waals surface area (Å²) in [6, 6.07) is 5.93. The van der Waals surface area contributed by atoms with Crippen molar-refractivity contribution in [1.82, 2.24) is 19.6 Å². The Labute approximate surface area is 150 Å². The lowest BCUT2D eigenvalue weighted by Gasteiger charge is -2.10. The summed E-state index contributed by atoms with van der Waals surface area (Å²) in [5, 5.41) is 16.2. The van der Waals surface area contributed by atoms with Crippen molar-refractivity contribution in [2.75, 3.05) is 24.2 Å². The highest BCUT2D eigenvalue weighted by Crippen LogP contribution is 2.18. The average molecular weight is 352 g/mol. The summed E-state index contributed by atoms with van der Waals surface area (Å²) in [5.74, 6) is 0.758. The molecule has 0 aromatic carbocycles. The molecule has 0 aliphatic carbocycles. The number of pyridine rings is 1. The van der Waals surface area contributed by atoms with Crippen LogP contribution in [-0.4, -0.2) is 44.1 Å². The van der Waals surface area contributed by atoms with Gasteiger partial charge in [-0.1, -0.05) is 0 Å². The van der Waals surface area contributed by atoms with Crippen LogP contribution in [0.15, 0.2) is 48.0 Å². The van der Waals surface area contributed by atoms with Gasteiger partial charge in [0.1, 0.15) is 0 Å². The van der Waals surface area contributed by atoms with Crippen molar-refractivity contribution in [2.45, 2.75) is 6.54 Å². The molecule has 0 bridgehead atoms. The highest BCUT2D eigenvalue weighted by molar-refractivity contribution is 6.08. The van der Waals surface area contributed by atoms with Gasteiger partial charge in [0.05, 0.1) is 30.6 Å². The molecule has 9 nitrogen and oxygen atoms in total. The van der Waals surface area contributed by atoms with Gasteiger partial charge in [-0.3, -0.25) is 4.99 Å². The van der Waals surface area contributed by atoms with E-state index in [-0.39, 0.29) is 6.61 Å². The molecule has 6 N–H and O–H groups in total. The zero-order valence-electron chi connectivity index (χ0n) is 14.1. The van der Waals surface area contributed by atoms with Crippen molar-refractivity contribution in [3.8, 4) is 0 Å². The molecule has 0 unspecified atom stereocenters. The third-order valence-corrected chi connectivity index (χ3v) is 3.66. The number of hydrogen-bond acceptors (Lipinski definition) is 8. The summed E-state index contributed by atoms with van der Waals surface area (Å²) in [6.07, 6.45) is 8.11. The van der Waals surface area contributed by atoms with Gasteiger partial charge in [0, 0.05) is 36.9 Å². The molecule has 0 spiro atoms. The van der Waals surface area contributed by atoms with Gasteiger partial charge in [-0.25, -0.2) is 14.5 Å². The second-order valence-electron chi connectivity index (χ2n) is 5.46. The minimum atomic E-state index is -0.0316. The first kappa shape index (κ1) is 17.4. The molecule has 0 aliphatic rings. The number of nitrogens with one attached hydrogen (secondary N) is 1. The molecule has 0 fully saturated rings. The number of nitrogens with two attached hydrogens (primary N) is 2. The molecule has 0 radical (unpaired) electrons. The average Bonchev–Trinajstić information content (AvgIpc) is 3.13. The molecule has 3 aromatic heterocycles. The molecular formula is C17H20N8O. The number of aliphatic imine (C=N–C) groups is 1. The first-order chi connectivity index (χ1) is 12.7. The van der Waals surface area contributed by atoms with E-state index in [1.165, 1.54) is 12.4 Å². The fourth-order valence-electron chi connectivity index (χ4n) is 2.35. The molecule has 26 heavy (non-hydrogen) atoms. The lowest BCUT2D eigenvalue weighted by atomic mass is 10.2. The van der Waals surface area contributed by atoms with E-state index in [1.807, 2.05) is 24.4 Å². The Morgan fingerprint density at radius 2 is 2.27 bits per heavy atom. The van der Waals surface area contributed by atoms with Crippen molar-refractivity contribution in [1.29, 1.82) is 0 Å². The van der Waals surface area contributed by atoms with Crippen molar-refractivity contribution >= 4 is 28.9 Å². The van der Waals surface area contributed by atoms with Gasteiger partial charge in [-0.05, 0) is 23.8 Å². The van der Waals surface area contributed by atoms with Crippen LogP contribution in [0, 0.1) is 0 Å². The zero-order valence-corrected chi connectivity index (χ0v) is 14.1. The summed E-state index contributed by atoms with van der Waals surface area (Å²) < 4.78 is 1.79. The maximum absolute atomic E-state index is 8.81. The summed E-state index contributed by atoms with van der Waals surface area (Å²) in [7, 11) is 0. The Balaban J connectivity index is 1.76. The van der Waals surface area contributed by atoms with E-state index in [2.05, 4.69) is 25.4 Å². The number of aliphatic hydroxyl groups excluding tert-OH is 1. The topological polar surface area (TPSA) is 140 Å². The van der Waals surface area contributed by atoms with E-state index in [0.29, 0.717) is 36.0 Å². The van der Waals surface area contributed by atoms with Crippen LogP contribution in [0.2, 0.25) is 0 Å². The number of anilines is 2. The van der Waals surface area contributed by atoms with Crippen molar-refractivity contribution in [3.05, 3.63) is 54.2 Å². The third-order valence-electron chi connectivity index (χ3n) is 3.66. The van der Waals surface area contributed by atoms with Gasteiger partial charge in [0.2, 0.25) is 0 Å². The van der Waals surface area contributed by atoms with Gasteiger partial charge >= 0.3 is 0 Å². The highest BCUT2D eigenvalue weighted by Gasteiger charge is 2.08. The molecule has 0 saturated heterocycles. The number of rotatable bonds is 7. The number of nitrogen functional groups attached to an aromatic ring is 1. The van der Waals surface area contributed by atoms with Crippen molar-refractivity contribution in [3.63, 3.8) is 0 Å². The predicted molar refractivity (Wildman–Crippen MR) is 102 cm³/mol. The van der Waals surface area contributed by atoms with Crippen LogP contribution in [-0.2, 0) is 6.54 Å². The normalized spacial score (nSPS) is 12.1. The SMILES string of the molecule is NC=C(C=NCCO)c1cnc(N)c(NCc2ccn3nccc3c2)n1. The molecule has 9 heteroatoms. The van der Waals surface area contributed by atoms with Gasteiger partial charge in [0.25, 0.3) is 0 Å². The highest BCUT2D eigenvalue weighted by atomic mass is 16.3. The van der Waals surface area contributed by atoms with E-state index in [0.717, 1.165) is 11.1 Å². The number of aromatic nitrogens is 4. The van der Waals surface area contributed by atoms with Gasteiger partial charge in [-0.2, -0.15) is 5.10 Å². The Bertz CT molecular complexity index is 947. The smallest absolute Gasteiger partial charge is 0.169 e. The van der Waals surface area contributed by atoms with E-state index in [9.17, 15) is 0 Å². The van der Waals surface area contributed by atoms with Gasteiger partial charge in [0.15, 0.2) is 11.6 Å². The second-order valence-corrected chi connectivity index (χ2v) is 5.46. The molecule has 0 saturated carbocycles. The van der Waals surface area contributed by atoms with Crippen LogP contribution in [0.3, 0.4) is 0 Å². The molecule has 0 atom stereocenters. The number of allylic oxidation sites excluding steroid dienone is 1. The zero-order chi connectivity index (χ0) is 18.4. The number of aliphatic hydroxyl groups is 1. The molecule has 3 rings (SSSR count). The standard InChI is InChI=1S/C17H20N8O/c18-8-13(10-20-4-6-26)15-11-21-16(19)17(24-15)22-9-12-2-5-25-14(7-12)1-3-23-25/h1-3,5,7-8,10-11,26H,4,6,9,18H2,(H2,19,21)(H,22,24). The fourth-order valence-corrected chi connectivity index (χ4v) is 2.35. The largest absolute Gasteiger partial charge is 0.404 e. The summed E-state index contributed by atoms with van der Waals surface area (Å²) >= 11 is 0. The summed E-state index contributed by atoms with van der Waals surface area (Å²) in [5.41, 5.74) is 14.8. The summed E-state index contributed by atoms with van der Waals surface area (Å²) in [6.45, 7) is 0.794. The van der Waals surface area contributed by atoms with Crippen LogP contribution >= 0.6 is 0 Å². The summed E-state index contributed by atoms with van der Waals surface area (Å²) in [4.78, 5) is 12.7. The Kier molecular flexibility index (Phi) is 5.40. The number of nitrogens with zero attached hydrogens (tertiary/aromatic N) is 5. The molecule has 3 aromatic rings. The van der Waals surface area contributed by atoms with E-state index < -0.39 is 0 Å². The molecular weight excluding hydrogens is 332 g/mol. The van der Waals surface area contributed by atoms with E-state index in [1.54, 1.807) is 16.9 Å². The fraction of sp³-hybridized carbons (Fsp3) is 0.176. The maximum atomic E-state index is 8.81. The Morgan fingerprint density at radius 3 is 3.08 bits per heavy atom. The lowest BCUT2D eigenvalue weighted by Crippen LogP contribution is -2.08.